The van der Waals surface area contributed by atoms with Crippen molar-refractivity contribution in [2.24, 2.45) is 0 Å². The zero-order chi connectivity index (χ0) is 12.7. The molecule has 0 spiro atoms. The molecule has 0 bridgehead atoms. The van der Waals surface area contributed by atoms with Gasteiger partial charge in [-0.05, 0) is 18.2 Å². The second kappa shape index (κ2) is 3.89. The number of hydrogen-bond donors (Lipinski definition) is 1. The molecule has 1 N–H and O–H groups in total. The molecule has 0 radical (unpaired) electrons. The van der Waals surface area contributed by atoms with Gasteiger partial charge in [0.05, 0.1) is 6.20 Å². The van der Waals surface area contributed by atoms with E-state index in [1.807, 2.05) is 0 Å². The van der Waals surface area contributed by atoms with E-state index in [9.17, 15) is 4.79 Å². The second-order valence-corrected chi connectivity index (χ2v) is 4.10. The van der Waals surface area contributed by atoms with Crippen LogP contribution in [0.15, 0.2) is 39.4 Å². The number of benzene rings is 1. The first-order valence-corrected chi connectivity index (χ1v) is 5.40. The number of furan rings is 1. The Labute approximate surface area is 106 Å². The van der Waals surface area contributed by atoms with Crippen LogP contribution in [0.4, 0.5) is 0 Å². The fraction of sp³-hybridized carbons (Fsp3) is 0. The van der Waals surface area contributed by atoms with Gasteiger partial charge in [-0.15, -0.1) is 0 Å². The predicted molar refractivity (Wildman–Crippen MR) is 63.7 cm³/mol. The summed E-state index contributed by atoms with van der Waals surface area (Å²) in [6.07, 6.45) is 1.14. The molecular formula is C12H6ClNO4. The fourth-order valence-electron chi connectivity index (χ4n) is 1.69. The molecular weight excluding hydrogens is 258 g/mol. The van der Waals surface area contributed by atoms with Crippen molar-refractivity contribution in [3.05, 3.63) is 41.0 Å². The number of carbonyl (C=O) groups is 1. The van der Waals surface area contributed by atoms with Gasteiger partial charge in [0.15, 0.2) is 5.76 Å². The molecule has 0 aliphatic heterocycles. The first-order chi connectivity index (χ1) is 8.65. The molecule has 2 aromatic heterocycles. The summed E-state index contributed by atoms with van der Waals surface area (Å²) in [5.74, 6) is -0.721. The van der Waals surface area contributed by atoms with Crippen LogP contribution in [0, 0.1) is 0 Å². The Bertz CT molecular complexity index is 743. The van der Waals surface area contributed by atoms with E-state index in [-0.39, 0.29) is 11.3 Å². The number of carboxylic acids is 1. The molecule has 18 heavy (non-hydrogen) atoms. The van der Waals surface area contributed by atoms with Crippen molar-refractivity contribution in [2.45, 2.75) is 0 Å². The van der Waals surface area contributed by atoms with E-state index < -0.39 is 5.97 Å². The molecule has 0 saturated carbocycles. The number of aromatic carboxylic acids is 1. The topological polar surface area (TPSA) is 76.5 Å². The summed E-state index contributed by atoms with van der Waals surface area (Å²) in [4.78, 5) is 11.0. The van der Waals surface area contributed by atoms with Crippen LogP contribution in [-0.4, -0.2) is 16.2 Å². The molecule has 1 aromatic carbocycles. The van der Waals surface area contributed by atoms with Crippen molar-refractivity contribution >= 4 is 28.5 Å². The van der Waals surface area contributed by atoms with E-state index in [1.54, 1.807) is 24.3 Å². The molecule has 0 unspecified atom stereocenters. The largest absolute Gasteiger partial charge is 0.477 e. The Kier molecular flexibility index (Phi) is 2.34. The standard InChI is InChI=1S/C12H6ClNO4/c13-7-2-1-6-3-10(17-9(6)4-7)11-8(12(15)16)5-14-18-11/h1-5H,(H,15,16). The molecule has 0 fully saturated rings. The molecule has 3 rings (SSSR count). The van der Waals surface area contributed by atoms with Gasteiger partial charge < -0.3 is 14.0 Å². The maximum atomic E-state index is 11.0. The molecule has 0 saturated heterocycles. The summed E-state index contributed by atoms with van der Waals surface area (Å²) in [5, 5.41) is 13.8. The Morgan fingerprint density at radius 1 is 1.33 bits per heavy atom. The van der Waals surface area contributed by atoms with Crippen LogP contribution in [0.2, 0.25) is 5.02 Å². The summed E-state index contributed by atoms with van der Waals surface area (Å²) in [6, 6.07) is 6.83. The van der Waals surface area contributed by atoms with Crippen molar-refractivity contribution in [1.29, 1.82) is 0 Å². The third-order valence-corrected chi connectivity index (χ3v) is 2.74. The number of halogens is 1. The highest BCUT2D eigenvalue weighted by Gasteiger charge is 2.20. The lowest BCUT2D eigenvalue weighted by atomic mass is 10.2. The van der Waals surface area contributed by atoms with E-state index >= 15 is 0 Å². The number of nitrogens with zero attached hydrogens (tertiary/aromatic N) is 1. The molecule has 90 valence electrons. The third kappa shape index (κ3) is 1.65. The molecule has 0 aliphatic carbocycles. The lowest BCUT2D eigenvalue weighted by Gasteiger charge is -1.91. The van der Waals surface area contributed by atoms with Gasteiger partial charge in [0.25, 0.3) is 0 Å². The molecule has 0 amide bonds. The van der Waals surface area contributed by atoms with Crippen LogP contribution in [0.25, 0.3) is 22.5 Å². The summed E-state index contributed by atoms with van der Waals surface area (Å²) in [7, 11) is 0. The van der Waals surface area contributed by atoms with Gasteiger partial charge in [-0.1, -0.05) is 16.8 Å². The van der Waals surface area contributed by atoms with E-state index in [0.29, 0.717) is 16.4 Å². The quantitative estimate of drug-likeness (QED) is 0.766. The Hall–Kier alpha value is -2.27. The minimum atomic E-state index is -1.12. The van der Waals surface area contributed by atoms with Gasteiger partial charge in [0.2, 0.25) is 5.76 Å². The monoisotopic (exact) mass is 263 g/mol. The number of aromatic nitrogens is 1. The highest BCUT2D eigenvalue weighted by molar-refractivity contribution is 6.31. The van der Waals surface area contributed by atoms with Crippen LogP contribution in [0.5, 0.6) is 0 Å². The van der Waals surface area contributed by atoms with E-state index in [2.05, 4.69) is 5.16 Å². The molecule has 5 nitrogen and oxygen atoms in total. The van der Waals surface area contributed by atoms with Gasteiger partial charge in [0, 0.05) is 16.5 Å². The SMILES string of the molecule is O=C(O)c1cnoc1-c1cc2ccc(Cl)cc2o1. The van der Waals surface area contributed by atoms with E-state index in [0.717, 1.165) is 11.6 Å². The summed E-state index contributed by atoms with van der Waals surface area (Å²) in [6.45, 7) is 0. The number of rotatable bonds is 2. The predicted octanol–water partition coefficient (Wildman–Crippen LogP) is 3.44. The van der Waals surface area contributed by atoms with Crippen molar-refractivity contribution < 1.29 is 18.8 Å². The Morgan fingerprint density at radius 3 is 2.94 bits per heavy atom. The minimum Gasteiger partial charge on any atom is -0.477 e. The van der Waals surface area contributed by atoms with Crippen LogP contribution in [0.1, 0.15) is 10.4 Å². The number of carboxylic acid groups (broad SMARTS) is 1. The minimum absolute atomic E-state index is 0.0415. The molecule has 6 heteroatoms. The summed E-state index contributed by atoms with van der Waals surface area (Å²) in [5.41, 5.74) is 0.519. The zero-order valence-corrected chi connectivity index (χ0v) is 9.64. The van der Waals surface area contributed by atoms with Gasteiger partial charge in [-0.2, -0.15) is 0 Å². The average molecular weight is 264 g/mol. The van der Waals surface area contributed by atoms with Gasteiger partial charge >= 0.3 is 5.97 Å². The lowest BCUT2D eigenvalue weighted by Crippen LogP contribution is -1.95. The summed E-state index contributed by atoms with van der Waals surface area (Å²) < 4.78 is 10.4. The second-order valence-electron chi connectivity index (χ2n) is 3.67. The van der Waals surface area contributed by atoms with Crippen molar-refractivity contribution in [3.8, 4) is 11.5 Å². The van der Waals surface area contributed by atoms with Crippen molar-refractivity contribution in [2.75, 3.05) is 0 Å². The smallest absolute Gasteiger partial charge is 0.341 e. The molecule has 0 aliphatic rings. The zero-order valence-electron chi connectivity index (χ0n) is 8.88. The first-order valence-electron chi connectivity index (χ1n) is 5.02. The third-order valence-electron chi connectivity index (χ3n) is 2.51. The van der Waals surface area contributed by atoms with Gasteiger partial charge in [-0.25, -0.2) is 4.79 Å². The Morgan fingerprint density at radius 2 is 2.17 bits per heavy atom. The fourth-order valence-corrected chi connectivity index (χ4v) is 1.85. The average Bonchev–Trinajstić information content (AvgIpc) is 2.93. The number of hydrogen-bond acceptors (Lipinski definition) is 4. The van der Waals surface area contributed by atoms with E-state index in [4.69, 9.17) is 25.6 Å². The highest BCUT2D eigenvalue weighted by Crippen LogP contribution is 2.31. The maximum absolute atomic E-state index is 11.0. The highest BCUT2D eigenvalue weighted by atomic mass is 35.5. The van der Waals surface area contributed by atoms with Gasteiger partial charge in [-0.3, -0.25) is 0 Å². The van der Waals surface area contributed by atoms with Crippen LogP contribution < -0.4 is 0 Å². The van der Waals surface area contributed by atoms with Crippen molar-refractivity contribution in [1.82, 2.24) is 5.16 Å². The van der Waals surface area contributed by atoms with Crippen LogP contribution in [0.3, 0.4) is 0 Å². The first kappa shape index (κ1) is 10.9. The number of fused-ring (bicyclic) bond motifs is 1. The molecule has 0 atom stereocenters. The van der Waals surface area contributed by atoms with Crippen LogP contribution in [-0.2, 0) is 0 Å². The normalized spacial score (nSPS) is 10.9. The van der Waals surface area contributed by atoms with Gasteiger partial charge in [0.1, 0.15) is 11.1 Å². The Balaban J connectivity index is 2.19. The summed E-state index contributed by atoms with van der Waals surface area (Å²) >= 11 is 5.84. The molecule has 3 aromatic rings. The molecule has 2 heterocycles. The lowest BCUT2D eigenvalue weighted by molar-refractivity contribution is 0.0697. The van der Waals surface area contributed by atoms with E-state index in [1.165, 1.54) is 0 Å². The maximum Gasteiger partial charge on any atom is 0.341 e. The van der Waals surface area contributed by atoms with Crippen LogP contribution >= 0.6 is 11.6 Å². The van der Waals surface area contributed by atoms with Crippen molar-refractivity contribution in [3.63, 3.8) is 0 Å².